The van der Waals surface area contributed by atoms with Gasteiger partial charge in [0.15, 0.2) is 0 Å². The zero-order valence-corrected chi connectivity index (χ0v) is 15.7. The second-order valence-electron chi connectivity index (χ2n) is 7.22. The zero-order valence-electron chi connectivity index (χ0n) is 14.1. The summed E-state index contributed by atoms with van der Waals surface area (Å²) in [4.78, 5) is 18.3. The Hall–Kier alpha value is -1.17. The van der Waals surface area contributed by atoms with Gasteiger partial charge in [-0.15, -0.1) is 11.3 Å². The van der Waals surface area contributed by atoms with E-state index in [1.165, 1.54) is 42.8 Å². The van der Waals surface area contributed by atoms with Crippen molar-refractivity contribution in [3.8, 4) is 0 Å². The monoisotopic (exact) mass is 360 g/mol. The van der Waals surface area contributed by atoms with Crippen molar-refractivity contribution in [2.75, 3.05) is 13.1 Å². The van der Waals surface area contributed by atoms with E-state index < -0.39 is 0 Å². The minimum atomic E-state index is 0.226. The van der Waals surface area contributed by atoms with E-state index in [-0.39, 0.29) is 5.91 Å². The van der Waals surface area contributed by atoms with Crippen molar-refractivity contribution < 1.29 is 4.79 Å². The van der Waals surface area contributed by atoms with Crippen molar-refractivity contribution in [1.29, 1.82) is 0 Å². The highest BCUT2D eigenvalue weighted by molar-refractivity contribution is 7.09. The van der Waals surface area contributed by atoms with Gasteiger partial charge in [0.05, 0.1) is 0 Å². The lowest BCUT2D eigenvalue weighted by Gasteiger charge is -2.34. The summed E-state index contributed by atoms with van der Waals surface area (Å²) in [7, 11) is 0. The van der Waals surface area contributed by atoms with Crippen LogP contribution in [0, 0.1) is 5.41 Å². The van der Waals surface area contributed by atoms with Crippen molar-refractivity contribution >= 4 is 28.6 Å². The van der Waals surface area contributed by atoms with Crippen LogP contribution in [0.3, 0.4) is 0 Å². The highest BCUT2D eigenvalue weighted by atomic mass is 32.1. The first-order valence-electron chi connectivity index (χ1n) is 8.69. The van der Waals surface area contributed by atoms with Crippen LogP contribution in [-0.4, -0.2) is 34.8 Å². The minimum absolute atomic E-state index is 0.226. The van der Waals surface area contributed by atoms with E-state index in [9.17, 15) is 4.79 Å². The average Bonchev–Trinajstić information content (AvgIpc) is 3.00. The van der Waals surface area contributed by atoms with Crippen LogP contribution in [0.1, 0.15) is 36.6 Å². The van der Waals surface area contributed by atoms with Gasteiger partial charge < -0.3 is 4.90 Å². The summed E-state index contributed by atoms with van der Waals surface area (Å²) in [6.07, 6.45) is 3.66. The third kappa shape index (κ3) is 3.30. The molecule has 4 rings (SSSR count). The standard InChI is InChI=1S/C19H24N2OS2/c1-15(22)21(12-16-4-10-23-14-16)18-11-19(18)5-7-20(8-6-19)13-17-3-2-9-24-17/h2-4,9-10,14,18H,5-8,11-13H2,1H3. The normalized spacial score (nSPS) is 22.6. The van der Waals surface area contributed by atoms with E-state index in [0.717, 1.165) is 13.1 Å². The van der Waals surface area contributed by atoms with E-state index >= 15 is 0 Å². The van der Waals surface area contributed by atoms with Gasteiger partial charge in [-0.3, -0.25) is 9.69 Å². The summed E-state index contributed by atoms with van der Waals surface area (Å²) in [5.41, 5.74) is 1.67. The Kier molecular flexibility index (Phi) is 4.50. The predicted octanol–water partition coefficient (Wildman–Crippen LogP) is 4.21. The first kappa shape index (κ1) is 16.3. The van der Waals surface area contributed by atoms with Crippen LogP contribution < -0.4 is 0 Å². The molecule has 1 aliphatic carbocycles. The van der Waals surface area contributed by atoms with Crippen molar-refractivity contribution in [2.45, 2.75) is 45.3 Å². The van der Waals surface area contributed by atoms with Gasteiger partial charge in [-0.25, -0.2) is 0 Å². The lowest BCUT2D eigenvalue weighted by atomic mass is 9.92. The number of carbonyl (C=O) groups excluding carboxylic acids is 1. The molecule has 2 aromatic rings. The van der Waals surface area contributed by atoms with Crippen LogP contribution in [-0.2, 0) is 17.9 Å². The SMILES string of the molecule is CC(=O)N(Cc1ccsc1)C1CC12CCN(Cc1cccs1)CC2. The maximum Gasteiger partial charge on any atom is 0.220 e. The van der Waals surface area contributed by atoms with Crippen LogP contribution >= 0.6 is 22.7 Å². The quantitative estimate of drug-likeness (QED) is 0.797. The topological polar surface area (TPSA) is 23.6 Å². The molecule has 5 heteroatoms. The number of hydrogen-bond acceptors (Lipinski definition) is 4. The van der Waals surface area contributed by atoms with Gasteiger partial charge in [0.1, 0.15) is 0 Å². The van der Waals surface area contributed by atoms with Gasteiger partial charge in [0.2, 0.25) is 5.91 Å². The van der Waals surface area contributed by atoms with Gasteiger partial charge >= 0.3 is 0 Å². The molecule has 1 saturated carbocycles. The van der Waals surface area contributed by atoms with Crippen LogP contribution in [0.5, 0.6) is 0 Å². The number of thiophene rings is 2. The molecule has 2 aromatic heterocycles. The summed E-state index contributed by atoms with van der Waals surface area (Å²) >= 11 is 3.56. The summed E-state index contributed by atoms with van der Waals surface area (Å²) in [5.74, 6) is 0.226. The maximum absolute atomic E-state index is 12.2. The lowest BCUT2D eigenvalue weighted by molar-refractivity contribution is -0.130. The molecular weight excluding hydrogens is 336 g/mol. The first-order valence-corrected chi connectivity index (χ1v) is 10.5. The fraction of sp³-hybridized carbons (Fsp3) is 0.526. The molecule has 128 valence electrons. The number of carbonyl (C=O) groups is 1. The molecule has 3 heterocycles. The van der Waals surface area contributed by atoms with Gasteiger partial charge in [0.25, 0.3) is 0 Å². The number of piperidine rings is 1. The van der Waals surface area contributed by atoms with E-state index in [2.05, 4.69) is 44.1 Å². The second-order valence-corrected chi connectivity index (χ2v) is 9.03. The molecule has 0 N–H and O–H groups in total. The van der Waals surface area contributed by atoms with Gasteiger partial charge in [-0.1, -0.05) is 6.07 Å². The van der Waals surface area contributed by atoms with Crippen LogP contribution in [0.2, 0.25) is 0 Å². The predicted molar refractivity (Wildman–Crippen MR) is 100 cm³/mol. The first-order chi connectivity index (χ1) is 11.7. The smallest absolute Gasteiger partial charge is 0.220 e. The number of rotatable bonds is 5. The molecule has 0 radical (unpaired) electrons. The highest BCUT2D eigenvalue weighted by Gasteiger charge is 2.58. The van der Waals surface area contributed by atoms with Crippen molar-refractivity contribution in [2.24, 2.45) is 5.41 Å². The fourth-order valence-electron chi connectivity index (χ4n) is 4.10. The lowest BCUT2D eigenvalue weighted by Crippen LogP contribution is -2.39. The van der Waals surface area contributed by atoms with Gasteiger partial charge in [0, 0.05) is 30.9 Å². The minimum Gasteiger partial charge on any atom is -0.335 e. The Balaban J connectivity index is 1.35. The molecule has 1 aliphatic heterocycles. The molecule has 1 atom stereocenters. The highest BCUT2D eigenvalue weighted by Crippen LogP contribution is 2.57. The Morgan fingerprint density at radius 1 is 1.33 bits per heavy atom. The summed E-state index contributed by atoms with van der Waals surface area (Å²) in [5, 5.41) is 6.42. The Labute approximate surface area is 151 Å². The molecule has 3 nitrogen and oxygen atoms in total. The molecule has 1 spiro atoms. The number of hydrogen-bond donors (Lipinski definition) is 0. The van der Waals surface area contributed by atoms with E-state index in [4.69, 9.17) is 0 Å². The maximum atomic E-state index is 12.2. The number of nitrogens with zero attached hydrogens (tertiary/aromatic N) is 2. The molecular formula is C19H24N2OS2. The van der Waals surface area contributed by atoms with Crippen molar-refractivity contribution in [1.82, 2.24) is 9.80 Å². The number of likely N-dealkylation sites (tertiary alicyclic amines) is 1. The molecule has 2 fully saturated rings. The zero-order chi connectivity index (χ0) is 16.6. The Morgan fingerprint density at radius 3 is 2.79 bits per heavy atom. The fourth-order valence-corrected chi connectivity index (χ4v) is 5.51. The summed E-state index contributed by atoms with van der Waals surface area (Å²) in [6, 6.07) is 6.96. The Morgan fingerprint density at radius 2 is 2.17 bits per heavy atom. The molecule has 0 bridgehead atoms. The number of amides is 1. The molecule has 1 saturated heterocycles. The summed E-state index contributed by atoms with van der Waals surface area (Å²) < 4.78 is 0. The van der Waals surface area contributed by atoms with Crippen molar-refractivity contribution in [3.05, 3.63) is 44.8 Å². The largest absolute Gasteiger partial charge is 0.335 e. The van der Waals surface area contributed by atoms with Gasteiger partial charge in [-0.2, -0.15) is 11.3 Å². The molecule has 2 aliphatic rings. The van der Waals surface area contributed by atoms with E-state index in [0.29, 0.717) is 11.5 Å². The second kappa shape index (κ2) is 6.62. The van der Waals surface area contributed by atoms with Crippen LogP contribution in [0.4, 0.5) is 0 Å². The van der Waals surface area contributed by atoms with Crippen LogP contribution in [0.25, 0.3) is 0 Å². The van der Waals surface area contributed by atoms with Gasteiger partial charge in [-0.05, 0) is 71.6 Å². The summed E-state index contributed by atoms with van der Waals surface area (Å²) in [6.45, 7) is 5.93. The van der Waals surface area contributed by atoms with E-state index in [1.54, 1.807) is 18.3 Å². The average molecular weight is 361 g/mol. The molecule has 0 aromatic carbocycles. The third-order valence-corrected chi connectivity index (χ3v) is 7.26. The third-order valence-electron chi connectivity index (χ3n) is 5.67. The van der Waals surface area contributed by atoms with E-state index in [1.807, 2.05) is 11.3 Å². The Bertz CT molecular complexity index is 672. The molecule has 1 amide bonds. The molecule has 1 unspecified atom stereocenters. The van der Waals surface area contributed by atoms with Crippen LogP contribution in [0.15, 0.2) is 34.3 Å². The van der Waals surface area contributed by atoms with Crippen molar-refractivity contribution in [3.63, 3.8) is 0 Å². The molecule has 24 heavy (non-hydrogen) atoms.